The molecule has 0 saturated carbocycles. The number of hydrogen-bond donors (Lipinski definition) is 0. The number of hydrogen-bond acceptors (Lipinski definition) is 0. The van der Waals surface area contributed by atoms with Gasteiger partial charge in [-0.1, -0.05) is 48.6 Å². The molecule has 0 radical (unpaired) electrons. The van der Waals surface area contributed by atoms with Crippen molar-refractivity contribution in [2.75, 3.05) is 0 Å². The first-order valence-electron chi connectivity index (χ1n) is 2.91. The second-order valence-corrected chi connectivity index (χ2v) is 4.87. The van der Waals surface area contributed by atoms with Gasteiger partial charge in [0.2, 0.25) is 0 Å². The van der Waals surface area contributed by atoms with Gasteiger partial charge in [0, 0.05) is 0 Å². The number of halogens is 2. The van der Waals surface area contributed by atoms with Crippen LogP contribution in [0.15, 0.2) is 48.6 Å². The zero-order valence-corrected chi connectivity index (χ0v) is 9.48. The van der Waals surface area contributed by atoms with Gasteiger partial charge < -0.3 is 0 Å². The molecule has 0 aromatic rings. The molecule has 0 N–H and O–H groups in total. The predicted octanol–water partition coefficient (Wildman–Crippen LogP) is 3.60. The normalized spacial score (nSPS) is 13.6. The minimum atomic E-state index is -0.472. The Morgan fingerprint density at radius 3 is 0.727 bits per heavy atom. The third-order valence-corrected chi connectivity index (χ3v) is 0.889. The molecule has 0 atom stereocenters. The van der Waals surface area contributed by atoms with Crippen molar-refractivity contribution in [1.29, 1.82) is 0 Å². The van der Waals surface area contributed by atoms with Crippen molar-refractivity contribution in [2.24, 2.45) is 0 Å². The van der Waals surface area contributed by atoms with Crippen molar-refractivity contribution in [3.8, 4) is 0 Å². The molecule has 1 aliphatic carbocycles. The first kappa shape index (κ1) is 11.2. The van der Waals surface area contributed by atoms with E-state index in [4.69, 9.17) is 18.8 Å². The number of rotatable bonds is 0. The summed E-state index contributed by atoms with van der Waals surface area (Å²) in [5, 5.41) is 0. The van der Waals surface area contributed by atoms with Gasteiger partial charge in [0.1, 0.15) is 0 Å². The van der Waals surface area contributed by atoms with Crippen LogP contribution in [0.3, 0.4) is 0 Å². The third kappa shape index (κ3) is 10.2. The Kier molecular flexibility index (Phi) is 10.4. The molecule has 1 aliphatic rings. The third-order valence-electron chi connectivity index (χ3n) is 0.889. The van der Waals surface area contributed by atoms with Gasteiger partial charge in [-0.2, -0.15) is 0 Å². The van der Waals surface area contributed by atoms with Crippen molar-refractivity contribution >= 4 is 18.8 Å². The second-order valence-electron chi connectivity index (χ2n) is 1.58. The Bertz CT molecular complexity index is 125. The van der Waals surface area contributed by atoms with Gasteiger partial charge in [-0.15, -0.1) is 0 Å². The molecule has 0 aromatic heterocycles. The monoisotopic (exact) mass is 369 g/mol. The molecule has 1 rings (SSSR count). The summed E-state index contributed by atoms with van der Waals surface area (Å²) in [6.07, 6.45) is 16.0. The molecule has 64 valence electrons. The van der Waals surface area contributed by atoms with Crippen LogP contribution in [0.5, 0.6) is 0 Å². The van der Waals surface area contributed by atoms with E-state index in [0.717, 1.165) is 0 Å². The maximum absolute atomic E-state index is 4.88. The van der Waals surface area contributed by atoms with Gasteiger partial charge in [-0.05, 0) is 0 Å². The van der Waals surface area contributed by atoms with Crippen molar-refractivity contribution in [2.45, 2.75) is 0 Å². The summed E-state index contributed by atoms with van der Waals surface area (Å²) in [6, 6.07) is 0. The molecule has 0 aliphatic heterocycles. The van der Waals surface area contributed by atoms with Crippen molar-refractivity contribution in [1.82, 2.24) is 0 Å². The molecule has 11 heavy (non-hydrogen) atoms. The molecular weight excluding hydrogens is 362 g/mol. The number of allylic oxidation sites excluding steroid dienone is 8. The molecule has 0 spiro atoms. The van der Waals surface area contributed by atoms with Crippen molar-refractivity contribution in [3.05, 3.63) is 48.6 Å². The average molecular weight is 370 g/mol. The van der Waals surface area contributed by atoms with E-state index in [9.17, 15) is 0 Å². The van der Waals surface area contributed by atoms with E-state index in [1.165, 1.54) is 0 Å². The van der Waals surface area contributed by atoms with Crippen molar-refractivity contribution < 1.29 is 16.5 Å². The van der Waals surface area contributed by atoms with E-state index in [-0.39, 0.29) is 0 Å². The zero-order chi connectivity index (χ0) is 8.36. The second kappa shape index (κ2) is 10.2. The fraction of sp³-hybridized carbons (Fsp3) is 0. The summed E-state index contributed by atoms with van der Waals surface area (Å²) < 4.78 is 0. The Morgan fingerprint density at radius 2 is 0.636 bits per heavy atom. The first-order valence-corrected chi connectivity index (χ1v) is 8.54. The van der Waals surface area contributed by atoms with E-state index in [1.54, 1.807) is 0 Å². The maximum atomic E-state index is 4.88. The van der Waals surface area contributed by atoms with Crippen LogP contribution in [0, 0.1) is 0 Å². The van der Waals surface area contributed by atoms with E-state index >= 15 is 0 Å². The molecule has 0 aromatic carbocycles. The summed E-state index contributed by atoms with van der Waals surface area (Å²) in [5.41, 5.74) is 0. The molecule has 0 unspecified atom stereocenters. The fourth-order valence-corrected chi connectivity index (χ4v) is 0.513. The van der Waals surface area contributed by atoms with Crippen LogP contribution < -0.4 is 0 Å². The molecule has 3 heteroatoms. The van der Waals surface area contributed by atoms with Crippen molar-refractivity contribution in [3.63, 3.8) is 0 Å². The summed E-state index contributed by atoms with van der Waals surface area (Å²) in [7, 11) is 9.75. The Morgan fingerprint density at radius 1 is 0.545 bits per heavy atom. The fourth-order valence-electron chi connectivity index (χ4n) is 0.513. The van der Waals surface area contributed by atoms with E-state index in [1.807, 2.05) is 48.6 Å². The average Bonchev–Trinajstić information content (AvgIpc) is 1.86. The van der Waals surface area contributed by atoms with E-state index in [2.05, 4.69) is 0 Å². The summed E-state index contributed by atoms with van der Waals surface area (Å²) >= 11 is -0.472. The molecule has 0 nitrogen and oxygen atoms in total. The standard InChI is InChI=1S/C8H8.2ClH.Pt/c1-2-4-6-8-7-5-3-1;;;/h1-8H;2*1H;/q;;;+2/p-2. The molecule has 0 heterocycles. The van der Waals surface area contributed by atoms with Gasteiger partial charge in [-0.25, -0.2) is 0 Å². The topological polar surface area (TPSA) is 0 Å². The summed E-state index contributed by atoms with van der Waals surface area (Å²) in [4.78, 5) is 0. The van der Waals surface area contributed by atoms with Gasteiger partial charge in [0.15, 0.2) is 0 Å². The Hall–Kier alpha value is 0.228. The quantitative estimate of drug-likeness (QED) is 0.612. The summed E-state index contributed by atoms with van der Waals surface area (Å²) in [5.74, 6) is 0. The Balaban J connectivity index is 0.000000292. The summed E-state index contributed by atoms with van der Waals surface area (Å²) in [6.45, 7) is 0. The van der Waals surface area contributed by atoms with Gasteiger partial charge >= 0.3 is 35.3 Å². The molecule has 0 fully saturated rings. The van der Waals surface area contributed by atoms with Gasteiger partial charge in [-0.3, -0.25) is 0 Å². The SMILES string of the molecule is C1=CC=CC=CC=C1.[Cl][Pt][Cl]. The van der Waals surface area contributed by atoms with E-state index < -0.39 is 16.5 Å². The molecule has 0 bridgehead atoms. The van der Waals surface area contributed by atoms with Crippen LogP contribution in [0.2, 0.25) is 0 Å². The van der Waals surface area contributed by atoms with Gasteiger partial charge in [0.25, 0.3) is 0 Å². The van der Waals surface area contributed by atoms with Crippen LogP contribution in [0.4, 0.5) is 0 Å². The first-order chi connectivity index (χ1) is 5.41. The van der Waals surface area contributed by atoms with Crippen LogP contribution in [-0.4, -0.2) is 0 Å². The van der Waals surface area contributed by atoms with Crippen LogP contribution in [0.25, 0.3) is 0 Å². The van der Waals surface area contributed by atoms with Crippen LogP contribution in [-0.2, 0) is 16.5 Å². The predicted molar refractivity (Wildman–Crippen MR) is 48.3 cm³/mol. The minimum absolute atomic E-state index is 0.472. The molecule has 0 amide bonds. The Labute approximate surface area is 83.7 Å². The van der Waals surface area contributed by atoms with E-state index in [0.29, 0.717) is 0 Å². The zero-order valence-electron chi connectivity index (χ0n) is 5.69. The van der Waals surface area contributed by atoms with Crippen LogP contribution in [0.1, 0.15) is 0 Å². The molecular formula is C8H8Cl2Pt. The molecule has 0 saturated heterocycles. The van der Waals surface area contributed by atoms with Gasteiger partial charge in [0.05, 0.1) is 0 Å². The van der Waals surface area contributed by atoms with Crippen LogP contribution >= 0.6 is 18.8 Å².